The maximum atomic E-state index is 13.6. The molecule has 1 saturated heterocycles. The molecule has 7 heteroatoms. The quantitative estimate of drug-likeness (QED) is 0.184. The summed E-state index contributed by atoms with van der Waals surface area (Å²) in [6, 6.07) is 19.3. The Labute approximate surface area is 236 Å². The van der Waals surface area contributed by atoms with Crippen LogP contribution in [0.5, 0.6) is 11.5 Å². The van der Waals surface area contributed by atoms with Crippen LogP contribution in [0.3, 0.4) is 0 Å². The van der Waals surface area contributed by atoms with Crippen molar-refractivity contribution in [3.05, 3.63) is 89.0 Å². The number of benzene rings is 3. The Bertz CT molecular complexity index is 1420. The van der Waals surface area contributed by atoms with Gasteiger partial charge in [-0.15, -0.1) is 0 Å². The second-order valence-electron chi connectivity index (χ2n) is 10.7. The Morgan fingerprint density at radius 1 is 0.975 bits per heavy atom. The number of carbonyl (C=O) groups is 2. The van der Waals surface area contributed by atoms with Crippen LogP contribution in [-0.2, 0) is 9.59 Å². The Morgan fingerprint density at radius 3 is 2.27 bits per heavy atom. The average Bonchev–Trinajstić information content (AvgIpc) is 3.18. The zero-order chi connectivity index (χ0) is 29.1. The molecular formula is C33H38N2O5. The van der Waals surface area contributed by atoms with Gasteiger partial charge in [0.25, 0.3) is 11.7 Å². The summed E-state index contributed by atoms with van der Waals surface area (Å²) in [5.74, 6) is -0.207. The van der Waals surface area contributed by atoms with Gasteiger partial charge in [-0.3, -0.25) is 14.5 Å². The van der Waals surface area contributed by atoms with E-state index in [4.69, 9.17) is 9.47 Å². The van der Waals surface area contributed by atoms with E-state index in [0.29, 0.717) is 29.2 Å². The fraction of sp³-hybridized carbons (Fsp3) is 0.333. The van der Waals surface area contributed by atoms with Crippen molar-refractivity contribution in [2.75, 3.05) is 30.5 Å². The number of Topliss-reactive ketones (excluding diaryl/α,β-unsaturated/α-hetero) is 1. The zero-order valence-electron chi connectivity index (χ0n) is 24.3. The normalized spacial score (nSPS) is 16.6. The molecule has 3 aromatic carbocycles. The molecule has 0 bridgehead atoms. The smallest absolute Gasteiger partial charge is 0.300 e. The van der Waals surface area contributed by atoms with Gasteiger partial charge in [0.1, 0.15) is 17.3 Å². The molecule has 1 atom stereocenters. The molecule has 1 heterocycles. The predicted molar refractivity (Wildman–Crippen MR) is 159 cm³/mol. The SMILES string of the molecule is CCOc1ccc(/C(O)=C2\C(=O)C(=O)N(c3ccc(N(C)C)cc3)C2c2cccc(OC(C)C)c2)cc1C(C)C. The summed E-state index contributed by atoms with van der Waals surface area (Å²) in [6.45, 7) is 10.4. The van der Waals surface area contributed by atoms with Crippen molar-refractivity contribution in [3.8, 4) is 11.5 Å². The van der Waals surface area contributed by atoms with E-state index in [1.807, 2.05) is 108 Å². The van der Waals surface area contributed by atoms with E-state index < -0.39 is 17.7 Å². The molecule has 1 N–H and O–H groups in total. The Kier molecular flexibility index (Phi) is 8.52. The van der Waals surface area contributed by atoms with Gasteiger partial charge in [0.05, 0.1) is 24.3 Å². The molecular weight excluding hydrogens is 504 g/mol. The van der Waals surface area contributed by atoms with E-state index >= 15 is 0 Å². The van der Waals surface area contributed by atoms with Crippen molar-refractivity contribution >= 4 is 28.8 Å². The van der Waals surface area contributed by atoms with Gasteiger partial charge in [-0.05, 0) is 92.4 Å². The molecule has 4 rings (SSSR count). The highest BCUT2D eigenvalue weighted by Gasteiger charge is 2.47. The maximum Gasteiger partial charge on any atom is 0.300 e. The first-order chi connectivity index (χ1) is 19.0. The lowest BCUT2D eigenvalue weighted by Gasteiger charge is -2.26. The number of hydrogen-bond donors (Lipinski definition) is 1. The molecule has 1 aliphatic heterocycles. The van der Waals surface area contributed by atoms with Gasteiger partial charge in [-0.25, -0.2) is 0 Å². The van der Waals surface area contributed by atoms with Gasteiger partial charge in [-0.2, -0.15) is 0 Å². The van der Waals surface area contributed by atoms with Crippen molar-refractivity contribution in [3.63, 3.8) is 0 Å². The van der Waals surface area contributed by atoms with Crippen LogP contribution in [0.25, 0.3) is 5.76 Å². The molecule has 1 aliphatic rings. The minimum absolute atomic E-state index is 0.0299. The van der Waals surface area contributed by atoms with Crippen LogP contribution < -0.4 is 19.3 Å². The second-order valence-corrected chi connectivity index (χ2v) is 10.7. The molecule has 1 fully saturated rings. The molecule has 3 aromatic rings. The van der Waals surface area contributed by atoms with Gasteiger partial charge < -0.3 is 19.5 Å². The summed E-state index contributed by atoms with van der Waals surface area (Å²) in [5, 5.41) is 11.7. The molecule has 210 valence electrons. The molecule has 1 amide bonds. The van der Waals surface area contributed by atoms with Crippen LogP contribution in [0, 0.1) is 0 Å². The first-order valence-electron chi connectivity index (χ1n) is 13.7. The predicted octanol–water partition coefficient (Wildman–Crippen LogP) is 6.69. The molecule has 1 unspecified atom stereocenters. The number of anilines is 2. The lowest BCUT2D eigenvalue weighted by atomic mass is 9.93. The third-order valence-electron chi connectivity index (χ3n) is 6.84. The van der Waals surface area contributed by atoms with Gasteiger partial charge in [-0.1, -0.05) is 26.0 Å². The molecule has 0 spiro atoms. The Balaban J connectivity index is 1.92. The van der Waals surface area contributed by atoms with Crippen molar-refractivity contribution in [2.24, 2.45) is 0 Å². The fourth-order valence-corrected chi connectivity index (χ4v) is 4.95. The molecule has 0 radical (unpaired) electrons. The summed E-state index contributed by atoms with van der Waals surface area (Å²) in [6.07, 6.45) is -0.0569. The number of nitrogens with zero attached hydrogens (tertiary/aromatic N) is 2. The van der Waals surface area contributed by atoms with Crippen molar-refractivity contribution in [2.45, 2.75) is 52.7 Å². The van der Waals surface area contributed by atoms with Crippen molar-refractivity contribution in [1.29, 1.82) is 0 Å². The van der Waals surface area contributed by atoms with Gasteiger partial charge >= 0.3 is 0 Å². The van der Waals surface area contributed by atoms with Gasteiger partial charge in [0.2, 0.25) is 0 Å². The molecule has 0 aliphatic carbocycles. The van der Waals surface area contributed by atoms with E-state index in [1.165, 1.54) is 4.90 Å². The third kappa shape index (κ3) is 5.69. The van der Waals surface area contributed by atoms with Crippen molar-refractivity contribution in [1.82, 2.24) is 0 Å². The highest BCUT2D eigenvalue weighted by atomic mass is 16.5. The van der Waals surface area contributed by atoms with E-state index in [0.717, 1.165) is 17.0 Å². The van der Waals surface area contributed by atoms with E-state index in [9.17, 15) is 14.7 Å². The van der Waals surface area contributed by atoms with Crippen LogP contribution in [0.4, 0.5) is 11.4 Å². The monoisotopic (exact) mass is 542 g/mol. The van der Waals surface area contributed by atoms with Crippen LogP contribution in [0.15, 0.2) is 72.3 Å². The number of aliphatic hydroxyl groups excluding tert-OH is 1. The van der Waals surface area contributed by atoms with Crippen LogP contribution in [-0.4, -0.2) is 43.6 Å². The Hall–Kier alpha value is -4.26. The summed E-state index contributed by atoms with van der Waals surface area (Å²) in [5.41, 5.74) is 3.56. The molecule has 0 aromatic heterocycles. The topological polar surface area (TPSA) is 79.3 Å². The number of carbonyl (C=O) groups excluding carboxylic acids is 2. The highest BCUT2D eigenvalue weighted by Crippen LogP contribution is 2.43. The lowest BCUT2D eigenvalue weighted by molar-refractivity contribution is -0.132. The zero-order valence-corrected chi connectivity index (χ0v) is 24.3. The van der Waals surface area contributed by atoms with Crippen LogP contribution in [0.2, 0.25) is 0 Å². The van der Waals surface area contributed by atoms with Crippen molar-refractivity contribution < 1.29 is 24.2 Å². The summed E-state index contributed by atoms with van der Waals surface area (Å²) >= 11 is 0. The number of ketones is 1. The van der Waals surface area contributed by atoms with E-state index in [2.05, 4.69) is 0 Å². The molecule has 40 heavy (non-hydrogen) atoms. The highest BCUT2D eigenvalue weighted by molar-refractivity contribution is 6.51. The lowest BCUT2D eigenvalue weighted by Crippen LogP contribution is -2.29. The number of aliphatic hydroxyl groups is 1. The van der Waals surface area contributed by atoms with Gasteiger partial charge in [0.15, 0.2) is 0 Å². The first-order valence-corrected chi connectivity index (χ1v) is 13.7. The third-order valence-corrected chi connectivity index (χ3v) is 6.84. The number of amides is 1. The standard InChI is InChI=1S/C33H38N2O5/c1-8-39-28-17-12-23(19-27(28)20(2)3)31(36)29-30(22-10-9-11-26(18-22)40-21(4)5)35(33(38)32(29)37)25-15-13-24(14-16-25)34(6)7/h9-21,30,36H,8H2,1-7H3/b31-29+. The van der Waals surface area contributed by atoms with E-state index in [1.54, 1.807) is 12.1 Å². The summed E-state index contributed by atoms with van der Waals surface area (Å²) < 4.78 is 11.7. The average molecular weight is 543 g/mol. The molecule has 7 nitrogen and oxygen atoms in total. The van der Waals surface area contributed by atoms with Crippen LogP contribution >= 0.6 is 0 Å². The number of ether oxygens (including phenoxy) is 2. The van der Waals surface area contributed by atoms with E-state index in [-0.39, 0.29) is 23.4 Å². The first kappa shape index (κ1) is 28.7. The summed E-state index contributed by atoms with van der Waals surface area (Å²) in [7, 11) is 3.87. The number of hydrogen-bond acceptors (Lipinski definition) is 6. The van der Waals surface area contributed by atoms with Crippen LogP contribution in [0.1, 0.15) is 63.3 Å². The van der Waals surface area contributed by atoms with Gasteiger partial charge in [0, 0.05) is 31.0 Å². The number of rotatable bonds is 9. The largest absolute Gasteiger partial charge is 0.507 e. The second kappa shape index (κ2) is 11.9. The molecule has 0 saturated carbocycles. The fourth-order valence-electron chi connectivity index (χ4n) is 4.95. The summed E-state index contributed by atoms with van der Waals surface area (Å²) in [4.78, 5) is 30.7. The minimum atomic E-state index is -0.852. The maximum absolute atomic E-state index is 13.6. The Morgan fingerprint density at radius 2 is 1.68 bits per heavy atom. The minimum Gasteiger partial charge on any atom is -0.507 e.